The second-order valence-electron chi connectivity index (χ2n) is 7.61. The van der Waals surface area contributed by atoms with Crippen LogP contribution < -0.4 is 14.8 Å². The number of ether oxygens (including phenoxy) is 2. The lowest BCUT2D eigenvalue weighted by atomic mass is 9.92. The Morgan fingerprint density at radius 3 is 2.58 bits per heavy atom. The Hall–Kier alpha value is -3.35. The van der Waals surface area contributed by atoms with Crippen LogP contribution >= 0.6 is 0 Å². The van der Waals surface area contributed by atoms with E-state index in [9.17, 15) is 4.79 Å². The van der Waals surface area contributed by atoms with Gasteiger partial charge < -0.3 is 19.3 Å². The zero-order valence-corrected chi connectivity index (χ0v) is 17.9. The topological polar surface area (TPSA) is 86.5 Å². The van der Waals surface area contributed by atoms with Crippen LogP contribution in [0.25, 0.3) is 11.4 Å². The van der Waals surface area contributed by atoms with Crippen LogP contribution in [0.2, 0.25) is 0 Å². The number of methoxy groups -OCH3 is 1. The lowest BCUT2D eigenvalue weighted by Crippen LogP contribution is -2.37. The minimum Gasteiger partial charge on any atom is -0.497 e. The largest absolute Gasteiger partial charge is 0.497 e. The van der Waals surface area contributed by atoms with Crippen molar-refractivity contribution in [1.29, 1.82) is 0 Å². The number of carbonyl (C=O) groups is 1. The molecule has 1 aromatic heterocycles. The van der Waals surface area contributed by atoms with Crippen molar-refractivity contribution in [2.75, 3.05) is 7.11 Å². The SMILES string of the molecule is CC[C@H](Oc1ccc2c(c1)CCCC2)C(=O)NCc1nc(-c2ccc(OC)cc2)no1. The number of hydrogen-bond acceptors (Lipinski definition) is 6. The first-order valence-corrected chi connectivity index (χ1v) is 10.7. The fourth-order valence-electron chi connectivity index (χ4n) is 3.73. The lowest BCUT2D eigenvalue weighted by molar-refractivity contribution is -0.128. The molecule has 4 rings (SSSR count). The van der Waals surface area contributed by atoms with Crippen LogP contribution in [0.5, 0.6) is 11.5 Å². The number of aromatic nitrogens is 2. The van der Waals surface area contributed by atoms with E-state index in [2.05, 4.69) is 27.6 Å². The summed E-state index contributed by atoms with van der Waals surface area (Å²) in [5, 5.41) is 6.82. The molecule has 0 bridgehead atoms. The number of hydrogen-bond donors (Lipinski definition) is 1. The van der Waals surface area contributed by atoms with Gasteiger partial charge in [-0.1, -0.05) is 18.1 Å². The number of carbonyl (C=O) groups excluding carboxylic acids is 1. The van der Waals surface area contributed by atoms with Gasteiger partial charge in [0.05, 0.1) is 13.7 Å². The van der Waals surface area contributed by atoms with Gasteiger partial charge in [-0.05, 0) is 79.6 Å². The number of aryl methyl sites for hydroxylation is 2. The van der Waals surface area contributed by atoms with Crippen LogP contribution in [0.4, 0.5) is 0 Å². The van der Waals surface area contributed by atoms with E-state index in [1.54, 1.807) is 7.11 Å². The normalized spacial score (nSPS) is 13.9. The molecule has 7 heteroatoms. The van der Waals surface area contributed by atoms with Gasteiger partial charge in [0.1, 0.15) is 11.5 Å². The Bertz CT molecular complexity index is 1030. The van der Waals surface area contributed by atoms with Crippen molar-refractivity contribution < 1.29 is 18.8 Å². The van der Waals surface area contributed by atoms with E-state index in [0.29, 0.717) is 18.1 Å². The van der Waals surface area contributed by atoms with Crippen molar-refractivity contribution in [3.05, 3.63) is 59.5 Å². The Kier molecular flexibility index (Phi) is 6.50. The maximum atomic E-state index is 12.6. The Labute approximate surface area is 181 Å². The number of fused-ring (bicyclic) bond motifs is 1. The predicted molar refractivity (Wildman–Crippen MR) is 116 cm³/mol. The fourth-order valence-corrected chi connectivity index (χ4v) is 3.73. The van der Waals surface area contributed by atoms with Gasteiger partial charge in [0.25, 0.3) is 5.91 Å². The molecule has 0 spiro atoms. The number of rotatable bonds is 8. The van der Waals surface area contributed by atoms with Gasteiger partial charge in [0.2, 0.25) is 11.7 Å². The second-order valence-corrected chi connectivity index (χ2v) is 7.61. The molecule has 1 aliphatic carbocycles. The summed E-state index contributed by atoms with van der Waals surface area (Å²) in [6.07, 6.45) is 4.62. The van der Waals surface area contributed by atoms with Gasteiger partial charge in [0, 0.05) is 5.56 Å². The summed E-state index contributed by atoms with van der Waals surface area (Å²) >= 11 is 0. The lowest BCUT2D eigenvalue weighted by Gasteiger charge is -2.20. The molecule has 0 fully saturated rings. The first-order valence-electron chi connectivity index (χ1n) is 10.7. The molecule has 2 aromatic carbocycles. The summed E-state index contributed by atoms with van der Waals surface area (Å²) in [4.78, 5) is 17.0. The molecule has 0 radical (unpaired) electrons. The van der Waals surface area contributed by atoms with Crippen molar-refractivity contribution in [1.82, 2.24) is 15.5 Å². The van der Waals surface area contributed by atoms with Crippen molar-refractivity contribution >= 4 is 5.91 Å². The molecular formula is C24H27N3O4. The predicted octanol–water partition coefficient (Wildman–Crippen LogP) is 4.10. The zero-order valence-electron chi connectivity index (χ0n) is 17.9. The highest BCUT2D eigenvalue weighted by atomic mass is 16.5. The molecule has 1 atom stereocenters. The molecule has 31 heavy (non-hydrogen) atoms. The molecule has 1 amide bonds. The summed E-state index contributed by atoms with van der Waals surface area (Å²) in [5.74, 6) is 2.09. The third kappa shape index (κ3) is 5.05. The average Bonchev–Trinajstić information content (AvgIpc) is 3.30. The van der Waals surface area contributed by atoms with Crippen LogP contribution in [0.15, 0.2) is 47.0 Å². The van der Waals surface area contributed by atoms with Crippen molar-refractivity contribution in [2.24, 2.45) is 0 Å². The van der Waals surface area contributed by atoms with Crippen LogP contribution in [-0.4, -0.2) is 29.3 Å². The quantitative estimate of drug-likeness (QED) is 0.589. The number of amides is 1. The smallest absolute Gasteiger partial charge is 0.261 e. The van der Waals surface area contributed by atoms with Gasteiger partial charge >= 0.3 is 0 Å². The molecule has 0 saturated carbocycles. The highest BCUT2D eigenvalue weighted by molar-refractivity contribution is 5.81. The number of nitrogens with one attached hydrogen (secondary N) is 1. The molecule has 162 valence electrons. The first kappa shape index (κ1) is 20.9. The maximum Gasteiger partial charge on any atom is 0.261 e. The highest BCUT2D eigenvalue weighted by Gasteiger charge is 2.20. The Morgan fingerprint density at radius 1 is 1.10 bits per heavy atom. The van der Waals surface area contributed by atoms with E-state index in [1.807, 2.05) is 37.3 Å². The molecule has 0 aliphatic heterocycles. The van der Waals surface area contributed by atoms with Gasteiger partial charge in [-0.3, -0.25) is 4.79 Å². The van der Waals surface area contributed by atoms with Gasteiger partial charge in [-0.2, -0.15) is 4.98 Å². The van der Waals surface area contributed by atoms with Crippen LogP contribution in [0.3, 0.4) is 0 Å². The summed E-state index contributed by atoms with van der Waals surface area (Å²) in [6.45, 7) is 2.07. The molecule has 1 aliphatic rings. The fraction of sp³-hybridized carbons (Fsp3) is 0.375. The molecule has 3 aromatic rings. The average molecular weight is 421 g/mol. The molecule has 1 N–H and O–H groups in total. The Balaban J connectivity index is 1.34. The van der Waals surface area contributed by atoms with Gasteiger partial charge in [-0.25, -0.2) is 0 Å². The van der Waals surface area contributed by atoms with Gasteiger partial charge in [-0.15, -0.1) is 0 Å². The maximum absolute atomic E-state index is 12.6. The van der Waals surface area contributed by atoms with Crippen molar-refractivity contribution in [2.45, 2.75) is 51.7 Å². The number of nitrogens with zero attached hydrogens (tertiary/aromatic N) is 2. The van der Waals surface area contributed by atoms with Gasteiger partial charge in [0.15, 0.2) is 6.10 Å². The van der Waals surface area contributed by atoms with Crippen LogP contribution in [0, 0.1) is 0 Å². The first-order chi connectivity index (χ1) is 15.2. The van der Waals surface area contributed by atoms with Crippen LogP contribution in [-0.2, 0) is 24.2 Å². The van der Waals surface area contributed by atoms with E-state index >= 15 is 0 Å². The molecular weight excluding hydrogens is 394 g/mol. The molecule has 1 heterocycles. The van der Waals surface area contributed by atoms with E-state index < -0.39 is 6.10 Å². The van der Waals surface area contributed by atoms with E-state index in [4.69, 9.17) is 14.0 Å². The van der Waals surface area contributed by atoms with Crippen molar-refractivity contribution in [3.8, 4) is 22.9 Å². The Morgan fingerprint density at radius 2 is 1.84 bits per heavy atom. The highest BCUT2D eigenvalue weighted by Crippen LogP contribution is 2.26. The minimum atomic E-state index is -0.578. The van der Waals surface area contributed by atoms with Crippen molar-refractivity contribution in [3.63, 3.8) is 0 Å². The van der Waals surface area contributed by atoms with E-state index in [0.717, 1.165) is 29.9 Å². The van der Waals surface area contributed by atoms with Crippen LogP contribution in [0.1, 0.15) is 43.2 Å². The number of benzene rings is 2. The minimum absolute atomic E-state index is 0.145. The summed E-state index contributed by atoms with van der Waals surface area (Å²) in [5.41, 5.74) is 3.53. The summed E-state index contributed by atoms with van der Waals surface area (Å²) in [7, 11) is 1.61. The third-order valence-electron chi connectivity index (χ3n) is 5.49. The zero-order chi connectivity index (χ0) is 21.6. The molecule has 0 unspecified atom stereocenters. The second kappa shape index (κ2) is 9.64. The van der Waals surface area contributed by atoms with E-state index in [-0.39, 0.29) is 12.5 Å². The molecule has 7 nitrogen and oxygen atoms in total. The third-order valence-corrected chi connectivity index (χ3v) is 5.49. The molecule has 0 saturated heterocycles. The monoisotopic (exact) mass is 421 g/mol. The van der Waals surface area contributed by atoms with E-state index in [1.165, 1.54) is 24.0 Å². The standard InChI is InChI=1S/C24H27N3O4/c1-3-21(30-20-13-8-16-6-4-5-7-18(16)14-20)24(28)25-15-22-26-23(27-31-22)17-9-11-19(29-2)12-10-17/h8-14,21H,3-7,15H2,1-2H3,(H,25,28)/t21-/m0/s1. The summed E-state index contributed by atoms with van der Waals surface area (Å²) < 4.78 is 16.4. The summed E-state index contributed by atoms with van der Waals surface area (Å²) in [6, 6.07) is 13.5.